The van der Waals surface area contributed by atoms with E-state index in [0.717, 1.165) is 15.4 Å². The maximum absolute atomic E-state index is 10.8. The monoisotopic (exact) mass is 254 g/mol. The van der Waals surface area contributed by atoms with Gasteiger partial charge in [0, 0.05) is 11.4 Å². The van der Waals surface area contributed by atoms with E-state index in [9.17, 15) is 4.79 Å². The maximum Gasteiger partial charge on any atom is 0.308 e. The van der Waals surface area contributed by atoms with Gasteiger partial charge >= 0.3 is 5.97 Å². The third-order valence-electron chi connectivity index (χ3n) is 1.74. The molecular formula is C9H7BrN2O2. The lowest BCUT2D eigenvalue weighted by Crippen LogP contribution is -2.01. The first-order chi connectivity index (χ1) is 6.66. The van der Waals surface area contributed by atoms with Crippen molar-refractivity contribution in [2.75, 3.05) is 0 Å². The van der Waals surface area contributed by atoms with Crippen LogP contribution in [0.25, 0.3) is 10.9 Å². The number of carbonyl (C=O) groups is 1. The number of aromatic nitrogens is 2. The summed E-state index contributed by atoms with van der Waals surface area (Å²) in [5.74, 6) is 0.168. The molecule has 1 aromatic heterocycles. The van der Waals surface area contributed by atoms with Crippen LogP contribution in [0.3, 0.4) is 0 Å². The van der Waals surface area contributed by atoms with Crippen LogP contribution in [0.15, 0.2) is 22.8 Å². The molecular weight excluding hydrogens is 248 g/mol. The molecule has 0 aliphatic carbocycles. The number of nitrogens with one attached hydrogen (secondary N) is 1. The second-order valence-electron chi connectivity index (χ2n) is 2.83. The van der Waals surface area contributed by atoms with Crippen molar-refractivity contribution in [1.29, 1.82) is 0 Å². The average molecular weight is 255 g/mol. The molecule has 0 fully saturated rings. The molecule has 0 bridgehead atoms. The fourth-order valence-electron chi connectivity index (χ4n) is 1.22. The van der Waals surface area contributed by atoms with Gasteiger partial charge in [0.15, 0.2) is 0 Å². The van der Waals surface area contributed by atoms with E-state index < -0.39 is 0 Å². The van der Waals surface area contributed by atoms with Gasteiger partial charge in [0.2, 0.25) is 0 Å². The Labute approximate surface area is 88.4 Å². The van der Waals surface area contributed by atoms with Crippen LogP contribution in [0, 0.1) is 0 Å². The molecule has 0 amide bonds. The Morgan fingerprint density at radius 3 is 3.07 bits per heavy atom. The first kappa shape index (κ1) is 9.21. The summed E-state index contributed by atoms with van der Waals surface area (Å²) >= 11 is 3.32. The van der Waals surface area contributed by atoms with Gasteiger partial charge in [-0.1, -0.05) is 15.9 Å². The van der Waals surface area contributed by atoms with Crippen LogP contribution < -0.4 is 4.74 Å². The minimum atomic E-state index is -0.342. The van der Waals surface area contributed by atoms with Gasteiger partial charge in [-0.25, -0.2) is 0 Å². The molecule has 4 nitrogen and oxygen atoms in total. The van der Waals surface area contributed by atoms with E-state index in [1.165, 1.54) is 6.92 Å². The Bertz CT molecular complexity index is 493. The summed E-state index contributed by atoms with van der Waals surface area (Å²) in [4.78, 5) is 10.8. The molecule has 2 rings (SSSR count). The summed E-state index contributed by atoms with van der Waals surface area (Å²) in [5.41, 5.74) is 0.829. The fourth-order valence-corrected chi connectivity index (χ4v) is 1.66. The number of esters is 1. The van der Waals surface area contributed by atoms with Gasteiger partial charge in [0.25, 0.3) is 0 Å². The van der Waals surface area contributed by atoms with Crippen LogP contribution in [-0.2, 0) is 4.79 Å². The number of carbonyl (C=O) groups excluding carboxylic acids is 1. The number of ether oxygens (including phenoxy) is 1. The number of fused-ring (bicyclic) bond motifs is 1. The van der Waals surface area contributed by atoms with Crippen molar-refractivity contribution in [3.05, 3.63) is 22.8 Å². The fraction of sp³-hybridized carbons (Fsp3) is 0.111. The van der Waals surface area contributed by atoms with Crippen molar-refractivity contribution in [3.63, 3.8) is 0 Å². The zero-order valence-electron chi connectivity index (χ0n) is 7.37. The van der Waals surface area contributed by atoms with Crippen molar-refractivity contribution >= 4 is 32.8 Å². The van der Waals surface area contributed by atoms with Crippen LogP contribution in [0.4, 0.5) is 0 Å². The lowest BCUT2D eigenvalue weighted by Gasteiger charge is -2.02. The standard InChI is InChI=1S/C9H7BrN2O2/c1-5(13)14-9-3-6(10)2-8-7(9)4-11-12-8/h2-4H,1H3,(H,11,12). The molecule has 0 saturated heterocycles. The Morgan fingerprint density at radius 2 is 2.36 bits per heavy atom. The molecule has 0 aliphatic rings. The number of nitrogens with zero attached hydrogens (tertiary/aromatic N) is 1. The van der Waals surface area contributed by atoms with Crippen molar-refractivity contribution in [3.8, 4) is 5.75 Å². The van der Waals surface area contributed by atoms with Gasteiger partial charge < -0.3 is 4.74 Å². The van der Waals surface area contributed by atoms with Gasteiger partial charge in [-0.3, -0.25) is 9.89 Å². The summed E-state index contributed by atoms with van der Waals surface area (Å²) in [5, 5.41) is 7.47. The maximum atomic E-state index is 10.8. The van der Waals surface area contributed by atoms with Crippen LogP contribution in [0.1, 0.15) is 6.92 Å². The molecule has 1 heterocycles. The Kier molecular flexibility index (Phi) is 2.25. The minimum Gasteiger partial charge on any atom is -0.426 e. The van der Waals surface area contributed by atoms with Gasteiger partial charge in [-0.15, -0.1) is 0 Å². The predicted octanol–water partition coefficient (Wildman–Crippen LogP) is 2.25. The van der Waals surface area contributed by atoms with Gasteiger partial charge in [-0.2, -0.15) is 5.10 Å². The summed E-state index contributed by atoms with van der Waals surface area (Å²) in [6.07, 6.45) is 1.63. The van der Waals surface area contributed by atoms with E-state index in [-0.39, 0.29) is 5.97 Å². The Balaban J connectivity index is 2.60. The SMILES string of the molecule is CC(=O)Oc1cc(Br)cc2[nH]ncc12. The molecule has 2 aromatic rings. The third kappa shape index (κ3) is 1.63. The molecule has 0 atom stereocenters. The van der Waals surface area contributed by atoms with E-state index in [0.29, 0.717) is 5.75 Å². The number of benzene rings is 1. The van der Waals surface area contributed by atoms with Gasteiger partial charge in [0.1, 0.15) is 5.75 Å². The molecule has 0 saturated carbocycles. The number of rotatable bonds is 1. The van der Waals surface area contributed by atoms with E-state index in [1.54, 1.807) is 12.3 Å². The summed E-state index contributed by atoms with van der Waals surface area (Å²) in [6.45, 7) is 1.37. The predicted molar refractivity (Wildman–Crippen MR) is 55.1 cm³/mol. The highest BCUT2D eigenvalue weighted by Crippen LogP contribution is 2.28. The van der Waals surface area contributed by atoms with Gasteiger partial charge in [0.05, 0.1) is 17.1 Å². The summed E-state index contributed by atoms with van der Waals surface area (Å²) in [7, 11) is 0. The van der Waals surface area contributed by atoms with Crippen molar-refractivity contribution < 1.29 is 9.53 Å². The smallest absolute Gasteiger partial charge is 0.308 e. The first-order valence-corrected chi connectivity index (χ1v) is 4.77. The largest absolute Gasteiger partial charge is 0.426 e. The Morgan fingerprint density at radius 1 is 1.57 bits per heavy atom. The zero-order valence-corrected chi connectivity index (χ0v) is 8.96. The molecule has 0 spiro atoms. The van der Waals surface area contributed by atoms with Crippen molar-refractivity contribution in [2.45, 2.75) is 6.92 Å². The highest BCUT2D eigenvalue weighted by Gasteiger charge is 2.07. The lowest BCUT2D eigenvalue weighted by atomic mass is 10.2. The van der Waals surface area contributed by atoms with Crippen LogP contribution in [0.5, 0.6) is 5.75 Å². The molecule has 5 heteroatoms. The molecule has 0 radical (unpaired) electrons. The molecule has 0 aliphatic heterocycles. The highest BCUT2D eigenvalue weighted by molar-refractivity contribution is 9.10. The highest BCUT2D eigenvalue weighted by atomic mass is 79.9. The first-order valence-electron chi connectivity index (χ1n) is 3.98. The van der Waals surface area contributed by atoms with E-state index >= 15 is 0 Å². The zero-order chi connectivity index (χ0) is 10.1. The molecule has 1 aromatic carbocycles. The topological polar surface area (TPSA) is 55.0 Å². The normalized spacial score (nSPS) is 10.4. The Hall–Kier alpha value is -1.36. The van der Waals surface area contributed by atoms with E-state index in [4.69, 9.17) is 4.74 Å². The molecule has 72 valence electrons. The molecule has 14 heavy (non-hydrogen) atoms. The van der Waals surface area contributed by atoms with Gasteiger partial charge in [-0.05, 0) is 12.1 Å². The third-order valence-corrected chi connectivity index (χ3v) is 2.20. The number of hydrogen-bond donors (Lipinski definition) is 1. The average Bonchev–Trinajstić information content (AvgIpc) is 2.50. The number of H-pyrrole nitrogens is 1. The summed E-state index contributed by atoms with van der Waals surface area (Å²) < 4.78 is 5.88. The molecule has 1 N–H and O–H groups in total. The van der Waals surface area contributed by atoms with E-state index in [1.807, 2.05) is 6.07 Å². The summed E-state index contributed by atoms with van der Waals surface area (Å²) in [6, 6.07) is 3.61. The van der Waals surface area contributed by atoms with Crippen LogP contribution >= 0.6 is 15.9 Å². The molecule has 0 unspecified atom stereocenters. The quantitative estimate of drug-likeness (QED) is 0.628. The van der Waals surface area contributed by atoms with E-state index in [2.05, 4.69) is 26.1 Å². The van der Waals surface area contributed by atoms with Crippen molar-refractivity contribution in [1.82, 2.24) is 10.2 Å². The minimum absolute atomic E-state index is 0.342. The second-order valence-corrected chi connectivity index (χ2v) is 3.74. The number of hydrogen-bond acceptors (Lipinski definition) is 3. The lowest BCUT2D eigenvalue weighted by molar-refractivity contribution is -0.131. The number of halogens is 1. The van der Waals surface area contributed by atoms with Crippen LogP contribution in [0.2, 0.25) is 0 Å². The second kappa shape index (κ2) is 3.42. The van der Waals surface area contributed by atoms with Crippen molar-refractivity contribution in [2.24, 2.45) is 0 Å². The number of aromatic amines is 1. The van der Waals surface area contributed by atoms with Crippen LogP contribution in [-0.4, -0.2) is 16.2 Å².